The average Bonchev–Trinajstić information content (AvgIpc) is 2.60. The zero-order valence-corrected chi connectivity index (χ0v) is 19.6. The summed E-state index contributed by atoms with van der Waals surface area (Å²) in [5, 5.41) is 1.75. The van der Waals surface area contributed by atoms with Crippen LogP contribution in [0.1, 0.15) is 38.1 Å². The molecule has 0 bridgehead atoms. The minimum atomic E-state index is -2.21. The molecule has 28 heavy (non-hydrogen) atoms. The molecule has 0 saturated heterocycles. The third kappa shape index (κ3) is 4.23. The van der Waals surface area contributed by atoms with Crippen LogP contribution in [0.2, 0.25) is 23.2 Å². The van der Waals surface area contributed by atoms with Crippen molar-refractivity contribution in [1.29, 1.82) is 0 Å². The second kappa shape index (κ2) is 8.21. The van der Waals surface area contributed by atoms with Gasteiger partial charge >= 0.3 is 5.97 Å². The summed E-state index contributed by atoms with van der Waals surface area (Å²) in [4.78, 5) is 12.5. The van der Waals surface area contributed by atoms with Gasteiger partial charge in [-0.05, 0) is 37.2 Å². The molecule has 0 radical (unpaired) electrons. The molecule has 2 aromatic rings. The molecule has 0 heterocycles. The van der Waals surface area contributed by atoms with Crippen molar-refractivity contribution in [1.82, 2.24) is 0 Å². The number of esters is 1. The fourth-order valence-electron chi connectivity index (χ4n) is 2.63. The van der Waals surface area contributed by atoms with Crippen LogP contribution in [0.3, 0.4) is 0 Å². The van der Waals surface area contributed by atoms with Crippen molar-refractivity contribution in [3.8, 4) is 17.2 Å². The zero-order valence-electron chi connectivity index (χ0n) is 17.9. The third-order valence-electron chi connectivity index (χ3n) is 5.18. The molecule has 0 aliphatic carbocycles. The quantitative estimate of drug-likeness (QED) is 0.416. The highest BCUT2D eigenvalue weighted by atomic mass is 35.5. The Morgan fingerprint density at radius 3 is 2.21 bits per heavy atom. The minimum absolute atomic E-state index is 0.0326. The number of hydrogen-bond acceptors (Lipinski definition) is 5. The van der Waals surface area contributed by atoms with Crippen LogP contribution in [0, 0.1) is 0 Å². The summed E-state index contributed by atoms with van der Waals surface area (Å²) in [5.74, 6) is 1.15. The predicted molar refractivity (Wildman–Crippen MR) is 116 cm³/mol. The first kappa shape index (κ1) is 22.4. The molecule has 0 amide bonds. The summed E-state index contributed by atoms with van der Waals surface area (Å²) >= 11 is 6.43. The lowest BCUT2D eigenvalue weighted by Crippen LogP contribution is -2.44. The van der Waals surface area contributed by atoms with Crippen LogP contribution < -0.4 is 13.9 Å². The standard InChI is InChI=1S/C21H29ClO5Si/c1-9-26-20(23)13-10-14-16(24-5)12-15(22)19(25-6)18(14)17(11-13)27-28(7,8)21(2,3)4/h10-12H,9H2,1-8H3. The molecular weight excluding hydrogens is 396 g/mol. The molecule has 0 unspecified atom stereocenters. The Bertz CT molecular complexity index is 887. The van der Waals surface area contributed by atoms with Gasteiger partial charge in [-0.2, -0.15) is 0 Å². The van der Waals surface area contributed by atoms with E-state index in [1.54, 1.807) is 39.3 Å². The molecule has 0 N–H and O–H groups in total. The number of ether oxygens (including phenoxy) is 3. The molecular formula is C21H29ClO5Si. The average molecular weight is 425 g/mol. The molecule has 0 aliphatic rings. The van der Waals surface area contributed by atoms with Crippen LogP contribution in [0.15, 0.2) is 18.2 Å². The first-order valence-corrected chi connectivity index (χ1v) is 12.5. The largest absolute Gasteiger partial charge is 0.543 e. The highest BCUT2D eigenvalue weighted by Gasteiger charge is 2.40. The van der Waals surface area contributed by atoms with E-state index in [9.17, 15) is 4.79 Å². The van der Waals surface area contributed by atoms with Crippen molar-refractivity contribution >= 4 is 36.7 Å². The SMILES string of the molecule is CCOC(=O)c1cc(O[Si](C)(C)C(C)(C)C)c2c(OC)c(Cl)cc(OC)c2c1. The summed E-state index contributed by atoms with van der Waals surface area (Å²) in [6, 6.07) is 5.11. The first-order chi connectivity index (χ1) is 13.0. The molecule has 5 nitrogen and oxygen atoms in total. The van der Waals surface area contributed by atoms with E-state index in [1.165, 1.54) is 0 Å². The Morgan fingerprint density at radius 1 is 1.07 bits per heavy atom. The van der Waals surface area contributed by atoms with E-state index >= 15 is 0 Å². The topological polar surface area (TPSA) is 54.0 Å². The Balaban J connectivity index is 2.87. The summed E-state index contributed by atoms with van der Waals surface area (Å²) in [6.07, 6.45) is 0. The van der Waals surface area contributed by atoms with Gasteiger partial charge in [0, 0.05) is 11.5 Å². The summed E-state index contributed by atoms with van der Waals surface area (Å²) < 4.78 is 22.9. The molecule has 0 fully saturated rings. The lowest BCUT2D eigenvalue weighted by Gasteiger charge is -2.37. The van der Waals surface area contributed by atoms with Gasteiger partial charge in [0.1, 0.15) is 17.2 Å². The maximum Gasteiger partial charge on any atom is 0.338 e. The van der Waals surface area contributed by atoms with Gasteiger partial charge in [0.25, 0.3) is 8.32 Å². The Morgan fingerprint density at radius 2 is 1.71 bits per heavy atom. The van der Waals surface area contributed by atoms with E-state index < -0.39 is 14.3 Å². The van der Waals surface area contributed by atoms with Gasteiger partial charge in [0.05, 0.1) is 36.8 Å². The van der Waals surface area contributed by atoms with E-state index in [0.29, 0.717) is 38.6 Å². The number of carbonyl (C=O) groups excluding carboxylic acids is 1. The zero-order chi connectivity index (χ0) is 21.3. The lowest BCUT2D eigenvalue weighted by molar-refractivity contribution is 0.0526. The van der Waals surface area contributed by atoms with Crippen LogP contribution in [0.25, 0.3) is 10.8 Å². The molecule has 0 spiro atoms. The molecule has 2 rings (SSSR count). The monoisotopic (exact) mass is 424 g/mol. The van der Waals surface area contributed by atoms with Crippen molar-refractivity contribution in [2.45, 2.75) is 45.8 Å². The Kier molecular flexibility index (Phi) is 6.56. The molecule has 0 aliphatic heterocycles. The van der Waals surface area contributed by atoms with Crippen LogP contribution in [0.4, 0.5) is 0 Å². The molecule has 0 saturated carbocycles. The first-order valence-electron chi connectivity index (χ1n) is 9.21. The van der Waals surface area contributed by atoms with Crippen molar-refractivity contribution in [3.63, 3.8) is 0 Å². The maximum atomic E-state index is 12.5. The number of benzene rings is 2. The summed E-state index contributed by atoms with van der Waals surface area (Å²) in [6.45, 7) is 12.8. The fourth-order valence-corrected chi connectivity index (χ4v) is 3.92. The van der Waals surface area contributed by atoms with E-state index in [0.717, 1.165) is 0 Å². The fraction of sp³-hybridized carbons (Fsp3) is 0.476. The smallest absolute Gasteiger partial charge is 0.338 e. The maximum absolute atomic E-state index is 12.5. The minimum Gasteiger partial charge on any atom is -0.543 e. The van der Waals surface area contributed by atoms with Gasteiger partial charge in [0.15, 0.2) is 0 Å². The highest BCUT2D eigenvalue weighted by molar-refractivity contribution is 6.74. The van der Waals surface area contributed by atoms with E-state index in [4.69, 9.17) is 30.2 Å². The molecule has 0 aromatic heterocycles. The molecule has 154 valence electrons. The van der Waals surface area contributed by atoms with Crippen LogP contribution in [-0.4, -0.2) is 35.1 Å². The van der Waals surface area contributed by atoms with Crippen molar-refractivity contribution in [2.24, 2.45) is 0 Å². The van der Waals surface area contributed by atoms with Crippen molar-refractivity contribution in [2.75, 3.05) is 20.8 Å². The van der Waals surface area contributed by atoms with Crippen molar-refractivity contribution < 1.29 is 23.4 Å². The Labute approximate surface area is 173 Å². The van der Waals surface area contributed by atoms with Gasteiger partial charge in [0.2, 0.25) is 0 Å². The van der Waals surface area contributed by atoms with Crippen LogP contribution in [-0.2, 0) is 4.74 Å². The molecule has 7 heteroatoms. The van der Waals surface area contributed by atoms with E-state index in [1.807, 2.05) is 0 Å². The number of methoxy groups -OCH3 is 2. The van der Waals surface area contributed by atoms with Gasteiger partial charge in [-0.15, -0.1) is 0 Å². The van der Waals surface area contributed by atoms with E-state index in [2.05, 4.69) is 33.9 Å². The van der Waals surface area contributed by atoms with Gasteiger partial charge in [-0.25, -0.2) is 4.79 Å². The highest BCUT2D eigenvalue weighted by Crippen LogP contribution is 2.47. The second-order valence-corrected chi connectivity index (χ2v) is 13.2. The molecule has 0 atom stereocenters. The number of fused-ring (bicyclic) bond motifs is 1. The van der Waals surface area contributed by atoms with Crippen molar-refractivity contribution in [3.05, 3.63) is 28.8 Å². The second-order valence-electron chi connectivity index (χ2n) is 8.07. The summed E-state index contributed by atoms with van der Waals surface area (Å²) in [5.41, 5.74) is 0.394. The normalized spacial score (nSPS) is 12.0. The number of rotatable bonds is 6. The van der Waals surface area contributed by atoms with E-state index in [-0.39, 0.29) is 11.6 Å². The third-order valence-corrected chi connectivity index (χ3v) is 9.80. The Hall–Kier alpha value is -1.92. The van der Waals surface area contributed by atoms with Crippen LogP contribution >= 0.6 is 11.6 Å². The predicted octanol–water partition coefficient (Wildman–Crippen LogP) is 6.07. The van der Waals surface area contributed by atoms with Gasteiger partial charge in [-0.3, -0.25) is 0 Å². The number of carbonyl (C=O) groups is 1. The lowest BCUT2D eigenvalue weighted by atomic mass is 10.0. The van der Waals surface area contributed by atoms with Gasteiger partial charge in [-0.1, -0.05) is 32.4 Å². The summed E-state index contributed by atoms with van der Waals surface area (Å²) in [7, 11) is 0.905. The molecule has 2 aromatic carbocycles. The number of hydrogen-bond donors (Lipinski definition) is 0. The van der Waals surface area contributed by atoms with Crippen LogP contribution in [0.5, 0.6) is 17.2 Å². The number of halogens is 1. The van der Waals surface area contributed by atoms with Gasteiger partial charge < -0.3 is 18.6 Å².